The first-order chi connectivity index (χ1) is 9.41. The maximum absolute atomic E-state index is 11.2. The van der Waals surface area contributed by atoms with E-state index in [2.05, 4.69) is 11.8 Å². The van der Waals surface area contributed by atoms with Crippen LogP contribution in [0.3, 0.4) is 0 Å². The number of nitro benzene ring substituents is 1. The van der Waals surface area contributed by atoms with E-state index in [9.17, 15) is 19.7 Å². The van der Waals surface area contributed by atoms with Gasteiger partial charge in [-0.1, -0.05) is 23.6 Å². The van der Waals surface area contributed by atoms with Crippen LogP contribution in [-0.4, -0.2) is 21.6 Å². The van der Waals surface area contributed by atoms with Gasteiger partial charge in [-0.05, 0) is 19.1 Å². The minimum absolute atomic E-state index is 0.0172. The molecule has 6 heteroatoms. The number of hydrogen-bond acceptors (Lipinski definition) is 5. The molecular weight excluding hydrogens is 278 g/mol. The maximum atomic E-state index is 11.2. The summed E-state index contributed by atoms with van der Waals surface area (Å²) in [6.07, 6.45) is 0.468. The van der Waals surface area contributed by atoms with Crippen molar-refractivity contribution in [3.63, 3.8) is 0 Å². The number of nitrogens with zero attached hydrogens (tertiary/aromatic N) is 1. The number of ketones is 1. The highest BCUT2D eigenvalue weighted by atomic mass is 32.2. The highest BCUT2D eigenvalue weighted by Crippen LogP contribution is 2.20. The molecule has 1 rings (SSSR count). The molecule has 0 fully saturated rings. The van der Waals surface area contributed by atoms with Gasteiger partial charge in [0.15, 0.2) is 10.9 Å². The number of rotatable bonds is 4. The standard InChI is InChI=1S/C14H13NO4S/c1-10(16)13-7-6-12(14(9-13)15(18)19)5-3-4-8-20-11(2)17/h6-7,9H,4,8H2,1-2H3. The van der Waals surface area contributed by atoms with Crippen LogP contribution < -0.4 is 0 Å². The van der Waals surface area contributed by atoms with E-state index in [1.807, 2.05) is 0 Å². The van der Waals surface area contributed by atoms with Gasteiger partial charge in [-0.25, -0.2) is 0 Å². The molecule has 0 saturated carbocycles. The fourth-order valence-electron chi connectivity index (χ4n) is 1.41. The summed E-state index contributed by atoms with van der Waals surface area (Å²) in [6, 6.07) is 4.22. The molecule has 0 atom stereocenters. The summed E-state index contributed by atoms with van der Waals surface area (Å²) in [7, 11) is 0. The second kappa shape index (κ2) is 7.46. The summed E-state index contributed by atoms with van der Waals surface area (Å²) in [4.78, 5) is 32.3. The van der Waals surface area contributed by atoms with E-state index >= 15 is 0 Å². The average Bonchev–Trinajstić information content (AvgIpc) is 2.37. The van der Waals surface area contributed by atoms with Crippen LogP contribution in [0.15, 0.2) is 18.2 Å². The van der Waals surface area contributed by atoms with Gasteiger partial charge in [0.05, 0.1) is 4.92 Å². The lowest BCUT2D eigenvalue weighted by Gasteiger charge is -1.98. The lowest BCUT2D eigenvalue weighted by Crippen LogP contribution is -1.97. The number of nitro groups is 1. The summed E-state index contributed by atoms with van der Waals surface area (Å²) < 4.78 is 0. The molecule has 0 heterocycles. The zero-order chi connectivity index (χ0) is 15.1. The second-order valence-corrected chi connectivity index (χ2v) is 5.21. The molecular formula is C14H13NO4S. The van der Waals surface area contributed by atoms with E-state index < -0.39 is 4.92 Å². The Hall–Kier alpha value is -2.13. The van der Waals surface area contributed by atoms with Crippen LogP contribution in [0, 0.1) is 22.0 Å². The van der Waals surface area contributed by atoms with Gasteiger partial charge in [0.1, 0.15) is 5.56 Å². The Kier molecular flexibility index (Phi) is 5.94. The van der Waals surface area contributed by atoms with Crippen LogP contribution >= 0.6 is 11.8 Å². The SMILES string of the molecule is CC(=O)SCCC#Cc1ccc(C(C)=O)cc1[N+](=O)[O-]. The summed E-state index contributed by atoms with van der Waals surface area (Å²) in [5, 5.41) is 11.0. The first-order valence-corrected chi connectivity index (χ1v) is 6.82. The molecule has 0 aliphatic rings. The Labute approximate surface area is 120 Å². The van der Waals surface area contributed by atoms with Crippen molar-refractivity contribution in [3.05, 3.63) is 39.4 Å². The predicted octanol–water partition coefficient (Wildman–Crippen LogP) is 2.82. The topological polar surface area (TPSA) is 77.3 Å². The average molecular weight is 291 g/mol. The Bertz CT molecular complexity index is 613. The molecule has 20 heavy (non-hydrogen) atoms. The van der Waals surface area contributed by atoms with Gasteiger partial charge in [-0.3, -0.25) is 19.7 Å². The molecule has 0 N–H and O–H groups in total. The number of benzene rings is 1. The molecule has 5 nitrogen and oxygen atoms in total. The molecule has 0 amide bonds. The fraction of sp³-hybridized carbons (Fsp3) is 0.286. The Balaban J connectivity index is 2.90. The van der Waals surface area contributed by atoms with E-state index in [0.717, 1.165) is 11.8 Å². The molecule has 0 aliphatic carbocycles. The van der Waals surface area contributed by atoms with Crippen molar-refractivity contribution < 1.29 is 14.5 Å². The smallest absolute Gasteiger partial charge is 0.285 e. The summed E-state index contributed by atoms with van der Waals surface area (Å²) in [5.41, 5.74) is 0.381. The van der Waals surface area contributed by atoms with Gasteiger partial charge in [0.25, 0.3) is 5.69 Å². The molecule has 0 radical (unpaired) electrons. The molecule has 0 bridgehead atoms. The fourth-order valence-corrected chi connectivity index (χ4v) is 1.90. The predicted molar refractivity (Wildman–Crippen MR) is 77.7 cm³/mol. The van der Waals surface area contributed by atoms with Gasteiger partial charge < -0.3 is 0 Å². The molecule has 0 aromatic heterocycles. The number of thioether (sulfide) groups is 1. The monoisotopic (exact) mass is 291 g/mol. The zero-order valence-corrected chi connectivity index (χ0v) is 12.0. The van der Waals surface area contributed by atoms with E-state index in [4.69, 9.17) is 0 Å². The highest BCUT2D eigenvalue weighted by Gasteiger charge is 2.14. The molecule has 0 unspecified atom stereocenters. The van der Waals surface area contributed by atoms with E-state index in [-0.39, 0.29) is 27.7 Å². The van der Waals surface area contributed by atoms with Crippen molar-refractivity contribution in [1.29, 1.82) is 0 Å². The van der Waals surface area contributed by atoms with Gasteiger partial charge in [0, 0.05) is 30.7 Å². The van der Waals surface area contributed by atoms with E-state index in [1.54, 1.807) is 0 Å². The quantitative estimate of drug-likeness (QED) is 0.280. The lowest BCUT2D eigenvalue weighted by atomic mass is 10.1. The molecule has 0 spiro atoms. The first kappa shape index (κ1) is 15.9. The Morgan fingerprint density at radius 2 is 2.05 bits per heavy atom. The van der Waals surface area contributed by atoms with Crippen molar-refractivity contribution in [1.82, 2.24) is 0 Å². The number of carbonyl (C=O) groups excluding carboxylic acids is 2. The Morgan fingerprint density at radius 3 is 2.60 bits per heavy atom. The van der Waals surface area contributed by atoms with Crippen LogP contribution in [0.5, 0.6) is 0 Å². The normalized spacial score (nSPS) is 9.50. The maximum Gasteiger partial charge on any atom is 0.285 e. The number of hydrogen-bond donors (Lipinski definition) is 0. The minimum Gasteiger partial charge on any atom is -0.295 e. The second-order valence-electron chi connectivity index (χ2n) is 3.94. The highest BCUT2D eigenvalue weighted by molar-refractivity contribution is 8.13. The lowest BCUT2D eigenvalue weighted by molar-refractivity contribution is -0.385. The van der Waals surface area contributed by atoms with Crippen LogP contribution in [0.1, 0.15) is 36.2 Å². The summed E-state index contributed by atoms with van der Waals surface area (Å²) >= 11 is 1.16. The number of Topliss-reactive ketones (excluding diaryl/α,β-unsaturated/α-hetero) is 1. The van der Waals surface area contributed by atoms with Crippen molar-refractivity contribution in [2.45, 2.75) is 20.3 Å². The molecule has 1 aromatic rings. The van der Waals surface area contributed by atoms with Crippen molar-refractivity contribution in [3.8, 4) is 11.8 Å². The van der Waals surface area contributed by atoms with Gasteiger partial charge in [0.2, 0.25) is 0 Å². The summed E-state index contributed by atoms with van der Waals surface area (Å²) in [5.74, 6) is 5.82. The molecule has 0 aliphatic heterocycles. The minimum atomic E-state index is -0.555. The van der Waals surface area contributed by atoms with E-state index in [0.29, 0.717) is 12.2 Å². The largest absolute Gasteiger partial charge is 0.295 e. The first-order valence-electron chi connectivity index (χ1n) is 5.83. The molecule has 0 saturated heterocycles. The van der Waals surface area contributed by atoms with Gasteiger partial charge >= 0.3 is 0 Å². The molecule has 104 valence electrons. The van der Waals surface area contributed by atoms with Crippen molar-refractivity contribution in [2.24, 2.45) is 0 Å². The third-order valence-corrected chi connectivity index (χ3v) is 3.17. The Morgan fingerprint density at radius 1 is 1.35 bits per heavy atom. The third-order valence-electron chi connectivity index (χ3n) is 2.36. The zero-order valence-electron chi connectivity index (χ0n) is 11.1. The van der Waals surface area contributed by atoms with Crippen molar-refractivity contribution >= 4 is 28.3 Å². The van der Waals surface area contributed by atoms with Crippen LogP contribution in [-0.2, 0) is 4.79 Å². The summed E-state index contributed by atoms with van der Waals surface area (Å²) in [6.45, 7) is 2.83. The van der Waals surface area contributed by atoms with E-state index in [1.165, 1.54) is 32.0 Å². The number of carbonyl (C=O) groups is 2. The van der Waals surface area contributed by atoms with Crippen LogP contribution in [0.4, 0.5) is 5.69 Å². The van der Waals surface area contributed by atoms with Gasteiger partial charge in [-0.15, -0.1) is 0 Å². The molecule has 1 aromatic carbocycles. The van der Waals surface area contributed by atoms with Crippen molar-refractivity contribution in [2.75, 3.05) is 5.75 Å². The van der Waals surface area contributed by atoms with Crippen LogP contribution in [0.2, 0.25) is 0 Å². The third kappa shape index (κ3) is 4.86. The van der Waals surface area contributed by atoms with Gasteiger partial charge in [-0.2, -0.15) is 0 Å². The van der Waals surface area contributed by atoms with Crippen LogP contribution in [0.25, 0.3) is 0 Å².